The van der Waals surface area contributed by atoms with Gasteiger partial charge in [-0.3, -0.25) is 0 Å². The maximum Gasteiger partial charge on any atom is 0.0994 e. The Morgan fingerprint density at radius 1 is 1.21 bits per heavy atom. The van der Waals surface area contributed by atoms with Gasteiger partial charge in [0, 0.05) is 0 Å². The van der Waals surface area contributed by atoms with E-state index in [4.69, 9.17) is 5.26 Å². The van der Waals surface area contributed by atoms with E-state index in [2.05, 4.69) is 26.0 Å². The Labute approximate surface area is 86.4 Å². The maximum atomic E-state index is 8.86. The zero-order chi connectivity index (χ0) is 10.6. The normalized spacial score (nSPS) is 9.86. The Morgan fingerprint density at radius 3 is 2.50 bits per heavy atom. The van der Waals surface area contributed by atoms with E-state index >= 15 is 0 Å². The molecule has 1 rings (SSSR count). The number of nitriles is 1. The van der Waals surface area contributed by atoms with Gasteiger partial charge < -0.3 is 0 Å². The van der Waals surface area contributed by atoms with Crippen molar-refractivity contribution >= 4 is 0 Å². The lowest BCUT2D eigenvalue weighted by Crippen LogP contribution is -1.95. The van der Waals surface area contributed by atoms with Crippen molar-refractivity contribution in [3.8, 4) is 6.07 Å². The minimum atomic E-state index is 0.808. The Balaban J connectivity index is 3.00. The first kappa shape index (κ1) is 10.8. The van der Waals surface area contributed by atoms with Gasteiger partial charge >= 0.3 is 0 Å². The Kier molecular flexibility index (Phi) is 3.71. The first-order chi connectivity index (χ1) is 6.70. The van der Waals surface area contributed by atoms with Crippen molar-refractivity contribution in [2.45, 2.75) is 40.0 Å². The average Bonchev–Trinajstić information content (AvgIpc) is 2.20. The first-order valence-electron chi connectivity index (χ1n) is 5.19. The quantitative estimate of drug-likeness (QED) is 0.710. The third kappa shape index (κ3) is 2.14. The molecule has 0 unspecified atom stereocenters. The van der Waals surface area contributed by atoms with Crippen LogP contribution in [-0.4, -0.2) is 0 Å². The van der Waals surface area contributed by atoms with Crippen molar-refractivity contribution in [1.29, 1.82) is 5.26 Å². The van der Waals surface area contributed by atoms with Gasteiger partial charge in [-0.15, -0.1) is 0 Å². The van der Waals surface area contributed by atoms with Crippen molar-refractivity contribution in [2.75, 3.05) is 0 Å². The van der Waals surface area contributed by atoms with Crippen LogP contribution in [0.3, 0.4) is 0 Å². The van der Waals surface area contributed by atoms with E-state index in [1.54, 1.807) is 0 Å². The van der Waals surface area contributed by atoms with E-state index in [9.17, 15) is 0 Å². The van der Waals surface area contributed by atoms with Gasteiger partial charge in [-0.05, 0) is 49.4 Å². The zero-order valence-corrected chi connectivity index (χ0v) is 9.22. The second-order valence-electron chi connectivity index (χ2n) is 3.74. The first-order valence-corrected chi connectivity index (χ1v) is 5.19. The minimum absolute atomic E-state index is 0.808. The summed E-state index contributed by atoms with van der Waals surface area (Å²) in [5, 5.41) is 8.86. The van der Waals surface area contributed by atoms with Crippen LogP contribution >= 0.6 is 0 Å². The van der Waals surface area contributed by atoms with Gasteiger partial charge in [0.25, 0.3) is 0 Å². The van der Waals surface area contributed by atoms with E-state index in [1.165, 1.54) is 24.0 Å². The molecule has 0 aliphatic carbocycles. The molecule has 0 aliphatic heterocycles. The van der Waals surface area contributed by atoms with Crippen molar-refractivity contribution in [1.82, 2.24) is 0 Å². The lowest BCUT2D eigenvalue weighted by atomic mass is 9.95. The van der Waals surface area contributed by atoms with Gasteiger partial charge in [0.1, 0.15) is 0 Å². The topological polar surface area (TPSA) is 23.8 Å². The fraction of sp³-hybridized carbons (Fsp3) is 0.462. The van der Waals surface area contributed by atoms with Crippen molar-refractivity contribution in [2.24, 2.45) is 0 Å². The molecule has 0 atom stereocenters. The lowest BCUT2D eigenvalue weighted by Gasteiger charge is -2.09. The van der Waals surface area contributed by atoms with Gasteiger partial charge in [-0.1, -0.05) is 19.4 Å². The minimum Gasteiger partial charge on any atom is -0.192 e. The molecule has 1 aromatic carbocycles. The zero-order valence-electron chi connectivity index (χ0n) is 9.22. The molecule has 0 aromatic heterocycles. The summed E-state index contributed by atoms with van der Waals surface area (Å²) >= 11 is 0. The summed E-state index contributed by atoms with van der Waals surface area (Å²) in [5.74, 6) is 0. The molecule has 0 heterocycles. The monoisotopic (exact) mass is 187 g/mol. The van der Waals surface area contributed by atoms with E-state index < -0.39 is 0 Å². The number of hydrogen-bond acceptors (Lipinski definition) is 1. The van der Waals surface area contributed by atoms with Crippen LogP contribution in [-0.2, 0) is 6.42 Å². The van der Waals surface area contributed by atoms with Crippen LogP contribution in [0.25, 0.3) is 0 Å². The molecule has 0 N–H and O–H groups in total. The Hall–Kier alpha value is -1.29. The van der Waals surface area contributed by atoms with Crippen LogP contribution in [0.5, 0.6) is 0 Å². The second kappa shape index (κ2) is 4.81. The van der Waals surface area contributed by atoms with Gasteiger partial charge in [0.15, 0.2) is 0 Å². The number of benzene rings is 1. The van der Waals surface area contributed by atoms with Gasteiger partial charge in [-0.25, -0.2) is 0 Å². The molecule has 0 saturated heterocycles. The van der Waals surface area contributed by atoms with Gasteiger partial charge in [0.05, 0.1) is 11.6 Å². The molecular weight excluding hydrogens is 170 g/mol. The molecule has 0 aliphatic rings. The molecule has 0 amide bonds. The highest BCUT2D eigenvalue weighted by atomic mass is 14.2. The van der Waals surface area contributed by atoms with E-state index in [-0.39, 0.29) is 0 Å². The second-order valence-corrected chi connectivity index (χ2v) is 3.74. The van der Waals surface area contributed by atoms with Crippen LogP contribution in [0.4, 0.5) is 0 Å². The van der Waals surface area contributed by atoms with Crippen LogP contribution in [0.15, 0.2) is 12.1 Å². The molecule has 0 fully saturated rings. The molecule has 74 valence electrons. The van der Waals surface area contributed by atoms with Crippen molar-refractivity contribution in [3.63, 3.8) is 0 Å². The van der Waals surface area contributed by atoms with E-state index in [0.717, 1.165) is 17.5 Å². The Bertz CT molecular complexity index is 358. The highest BCUT2D eigenvalue weighted by Crippen LogP contribution is 2.18. The van der Waals surface area contributed by atoms with Gasteiger partial charge in [0.2, 0.25) is 0 Å². The van der Waals surface area contributed by atoms with E-state index in [0.29, 0.717) is 0 Å². The van der Waals surface area contributed by atoms with Gasteiger partial charge in [-0.2, -0.15) is 5.26 Å². The smallest absolute Gasteiger partial charge is 0.0994 e. The highest BCUT2D eigenvalue weighted by molar-refractivity contribution is 5.45. The molecule has 0 spiro atoms. The van der Waals surface area contributed by atoms with Crippen LogP contribution in [0.1, 0.15) is 42.0 Å². The number of hydrogen-bond donors (Lipinski definition) is 0. The molecule has 1 heteroatoms. The summed E-state index contributed by atoms with van der Waals surface area (Å²) in [4.78, 5) is 0. The fourth-order valence-electron chi connectivity index (χ4n) is 1.64. The van der Waals surface area contributed by atoms with Crippen LogP contribution in [0.2, 0.25) is 0 Å². The van der Waals surface area contributed by atoms with Crippen molar-refractivity contribution < 1.29 is 0 Å². The predicted octanol–water partition coefficient (Wildman–Crippen LogP) is 3.52. The van der Waals surface area contributed by atoms with Crippen LogP contribution < -0.4 is 0 Å². The Morgan fingerprint density at radius 2 is 1.93 bits per heavy atom. The number of nitrogens with zero attached hydrogens (tertiary/aromatic N) is 1. The summed E-state index contributed by atoms with van der Waals surface area (Å²) < 4.78 is 0. The maximum absolute atomic E-state index is 8.86. The summed E-state index contributed by atoms with van der Waals surface area (Å²) in [6, 6.07) is 6.25. The van der Waals surface area contributed by atoms with Crippen molar-refractivity contribution in [3.05, 3.63) is 34.4 Å². The molecule has 0 radical (unpaired) electrons. The average molecular weight is 187 g/mol. The molecule has 1 nitrogen and oxygen atoms in total. The molecule has 1 aromatic rings. The standard InChI is InChI=1S/C13H17N/c1-4-5-6-12-7-8-13(9-14)11(3)10(12)2/h7-8H,4-6H2,1-3H3. The highest BCUT2D eigenvalue weighted by Gasteiger charge is 2.04. The third-order valence-electron chi connectivity index (χ3n) is 2.82. The molecular formula is C13H17N. The molecule has 0 bridgehead atoms. The summed E-state index contributed by atoms with van der Waals surface area (Å²) in [5.41, 5.74) is 4.63. The lowest BCUT2D eigenvalue weighted by molar-refractivity contribution is 0.790. The summed E-state index contributed by atoms with van der Waals surface area (Å²) in [6.45, 7) is 6.34. The van der Waals surface area contributed by atoms with E-state index in [1.807, 2.05) is 13.0 Å². The summed E-state index contributed by atoms with van der Waals surface area (Å²) in [7, 11) is 0. The van der Waals surface area contributed by atoms with Crippen LogP contribution in [0, 0.1) is 25.2 Å². The SMILES string of the molecule is CCCCc1ccc(C#N)c(C)c1C. The molecule has 14 heavy (non-hydrogen) atoms. The fourth-order valence-corrected chi connectivity index (χ4v) is 1.64. The number of rotatable bonds is 3. The largest absolute Gasteiger partial charge is 0.192 e. The summed E-state index contributed by atoms with van der Waals surface area (Å²) in [6.07, 6.45) is 3.58. The number of aryl methyl sites for hydroxylation is 1. The number of unbranched alkanes of at least 4 members (excludes halogenated alkanes) is 1. The predicted molar refractivity (Wildman–Crippen MR) is 59.2 cm³/mol. The third-order valence-corrected chi connectivity index (χ3v) is 2.82. The molecule has 0 saturated carbocycles.